The minimum Gasteiger partial charge on any atom is -0.469 e. The lowest BCUT2D eigenvalue weighted by Crippen LogP contribution is -2.10. The first kappa shape index (κ1) is 20.3. The van der Waals surface area contributed by atoms with Crippen molar-refractivity contribution in [1.82, 2.24) is 0 Å². The molecule has 0 aliphatic heterocycles. The van der Waals surface area contributed by atoms with Gasteiger partial charge in [-0.05, 0) is 61.4 Å². The molecule has 0 aromatic heterocycles. The number of ketones is 1. The molecule has 0 heterocycles. The topological polar surface area (TPSA) is 46.6 Å². The van der Waals surface area contributed by atoms with E-state index in [0.717, 1.165) is 17.1 Å². The molecule has 148 valence electrons. The molecule has 0 fully saturated rings. The SMILES string of the molecule is COC(=O)CCCCC(=O)c1ccc(N(c2ccccc2)c2ccccc2)cc1. The fourth-order valence-electron chi connectivity index (χ4n) is 3.20. The number of methoxy groups -OCH3 is 1. The van der Waals surface area contributed by atoms with Crippen LogP contribution in [0.2, 0.25) is 0 Å². The molecule has 4 heteroatoms. The highest BCUT2D eigenvalue weighted by molar-refractivity contribution is 5.96. The molecule has 0 aliphatic carbocycles. The maximum Gasteiger partial charge on any atom is 0.305 e. The lowest BCUT2D eigenvalue weighted by atomic mass is 10.0. The Labute approximate surface area is 171 Å². The molecule has 29 heavy (non-hydrogen) atoms. The van der Waals surface area contributed by atoms with Crippen LogP contribution in [0.4, 0.5) is 17.1 Å². The van der Waals surface area contributed by atoms with Gasteiger partial charge in [0, 0.05) is 35.5 Å². The zero-order valence-electron chi connectivity index (χ0n) is 16.6. The van der Waals surface area contributed by atoms with Gasteiger partial charge in [-0.3, -0.25) is 9.59 Å². The van der Waals surface area contributed by atoms with Crippen molar-refractivity contribution in [1.29, 1.82) is 0 Å². The molecule has 3 aromatic rings. The van der Waals surface area contributed by atoms with Crippen LogP contribution in [0.15, 0.2) is 84.9 Å². The normalized spacial score (nSPS) is 10.4. The number of hydrogen-bond donors (Lipinski definition) is 0. The number of carbonyl (C=O) groups is 2. The Bertz CT molecular complexity index is 882. The molecule has 0 N–H and O–H groups in total. The zero-order valence-corrected chi connectivity index (χ0v) is 16.6. The number of benzene rings is 3. The van der Waals surface area contributed by atoms with Crippen molar-refractivity contribution in [2.24, 2.45) is 0 Å². The first-order valence-corrected chi connectivity index (χ1v) is 9.79. The van der Waals surface area contributed by atoms with Crippen LogP contribution in [-0.2, 0) is 9.53 Å². The Morgan fingerprint density at radius 3 is 1.69 bits per heavy atom. The van der Waals surface area contributed by atoms with E-state index in [0.29, 0.717) is 31.2 Å². The van der Waals surface area contributed by atoms with Gasteiger partial charge in [-0.25, -0.2) is 0 Å². The van der Waals surface area contributed by atoms with E-state index in [4.69, 9.17) is 0 Å². The molecule has 0 aliphatic rings. The summed E-state index contributed by atoms with van der Waals surface area (Å²) in [6.07, 6.45) is 2.12. The van der Waals surface area contributed by atoms with Crippen LogP contribution in [0.1, 0.15) is 36.0 Å². The Kier molecular flexibility index (Phi) is 7.17. The lowest BCUT2D eigenvalue weighted by molar-refractivity contribution is -0.140. The second-order valence-corrected chi connectivity index (χ2v) is 6.76. The number of hydrogen-bond acceptors (Lipinski definition) is 4. The van der Waals surface area contributed by atoms with Crippen LogP contribution in [0.3, 0.4) is 0 Å². The van der Waals surface area contributed by atoms with Gasteiger partial charge >= 0.3 is 5.97 Å². The second kappa shape index (κ2) is 10.2. The van der Waals surface area contributed by atoms with E-state index in [1.54, 1.807) is 0 Å². The van der Waals surface area contributed by atoms with Gasteiger partial charge in [-0.15, -0.1) is 0 Å². The maximum atomic E-state index is 12.5. The summed E-state index contributed by atoms with van der Waals surface area (Å²) in [5.41, 5.74) is 3.79. The van der Waals surface area contributed by atoms with Gasteiger partial charge in [-0.1, -0.05) is 36.4 Å². The molecule has 0 atom stereocenters. The Morgan fingerprint density at radius 2 is 1.17 bits per heavy atom. The average molecular weight is 387 g/mol. The predicted molar refractivity (Wildman–Crippen MR) is 116 cm³/mol. The van der Waals surface area contributed by atoms with Crippen LogP contribution in [0.5, 0.6) is 0 Å². The molecular formula is C25H25NO3. The molecule has 0 saturated carbocycles. The third kappa shape index (κ3) is 5.55. The number of Topliss-reactive ketones (excluding diaryl/α,β-unsaturated/α-hetero) is 1. The Balaban J connectivity index is 1.73. The van der Waals surface area contributed by atoms with Crippen molar-refractivity contribution in [3.63, 3.8) is 0 Å². The molecule has 3 aromatic carbocycles. The molecule has 0 unspecified atom stereocenters. The largest absolute Gasteiger partial charge is 0.469 e. The van der Waals surface area contributed by atoms with Gasteiger partial charge in [0.2, 0.25) is 0 Å². The van der Waals surface area contributed by atoms with Gasteiger partial charge in [0.15, 0.2) is 5.78 Å². The predicted octanol–water partition coefficient (Wildman–Crippen LogP) is 6.07. The maximum absolute atomic E-state index is 12.5. The van der Waals surface area contributed by atoms with Gasteiger partial charge in [-0.2, -0.15) is 0 Å². The van der Waals surface area contributed by atoms with Crippen molar-refractivity contribution in [3.05, 3.63) is 90.5 Å². The van der Waals surface area contributed by atoms with Gasteiger partial charge < -0.3 is 9.64 Å². The van der Waals surface area contributed by atoms with Gasteiger partial charge in [0.1, 0.15) is 0 Å². The molecule has 0 bridgehead atoms. The van der Waals surface area contributed by atoms with Crippen molar-refractivity contribution in [2.45, 2.75) is 25.7 Å². The summed E-state index contributed by atoms with van der Waals surface area (Å²) in [5, 5.41) is 0. The highest BCUT2D eigenvalue weighted by Gasteiger charge is 2.13. The summed E-state index contributed by atoms with van der Waals surface area (Å²) in [4.78, 5) is 25.8. The lowest BCUT2D eigenvalue weighted by Gasteiger charge is -2.25. The molecule has 0 saturated heterocycles. The van der Waals surface area contributed by atoms with Crippen LogP contribution in [0, 0.1) is 0 Å². The first-order chi connectivity index (χ1) is 14.2. The first-order valence-electron chi connectivity index (χ1n) is 9.79. The van der Waals surface area contributed by atoms with Crippen molar-refractivity contribution >= 4 is 28.8 Å². The summed E-state index contributed by atoms with van der Waals surface area (Å²) in [6, 6.07) is 28.0. The second-order valence-electron chi connectivity index (χ2n) is 6.76. The summed E-state index contributed by atoms with van der Waals surface area (Å²) in [6.45, 7) is 0. The molecule has 0 radical (unpaired) electrons. The standard InChI is InChI=1S/C25H25NO3/c1-29-25(28)15-9-8-14-24(27)20-16-18-23(19-17-20)26(21-10-4-2-5-11-21)22-12-6-3-7-13-22/h2-7,10-13,16-19H,8-9,14-15H2,1H3. The van der Waals surface area contributed by atoms with E-state index in [1.807, 2.05) is 60.7 Å². The Hall–Kier alpha value is -3.40. The van der Waals surface area contributed by atoms with Crippen molar-refractivity contribution in [2.75, 3.05) is 12.0 Å². The molecule has 0 amide bonds. The van der Waals surface area contributed by atoms with Crippen LogP contribution < -0.4 is 4.90 Å². The number of unbranched alkanes of at least 4 members (excludes halogenated alkanes) is 1. The monoisotopic (exact) mass is 387 g/mol. The third-order valence-corrected chi connectivity index (χ3v) is 4.74. The van der Waals surface area contributed by atoms with Crippen molar-refractivity contribution < 1.29 is 14.3 Å². The van der Waals surface area contributed by atoms with Crippen LogP contribution in [-0.4, -0.2) is 18.9 Å². The molecular weight excluding hydrogens is 362 g/mol. The Morgan fingerprint density at radius 1 is 0.690 bits per heavy atom. The fourth-order valence-corrected chi connectivity index (χ4v) is 3.20. The minimum absolute atomic E-state index is 0.0902. The average Bonchev–Trinajstić information content (AvgIpc) is 2.78. The van der Waals surface area contributed by atoms with E-state index in [2.05, 4.69) is 33.9 Å². The summed E-state index contributed by atoms with van der Waals surface area (Å²) in [5.74, 6) is -0.142. The fraction of sp³-hybridized carbons (Fsp3) is 0.200. The van der Waals surface area contributed by atoms with Crippen LogP contribution in [0.25, 0.3) is 0 Å². The quantitative estimate of drug-likeness (QED) is 0.254. The number of nitrogens with zero attached hydrogens (tertiary/aromatic N) is 1. The van der Waals surface area contributed by atoms with Gasteiger partial charge in [0.25, 0.3) is 0 Å². The van der Waals surface area contributed by atoms with Crippen molar-refractivity contribution in [3.8, 4) is 0 Å². The number of ether oxygens (including phenoxy) is 1. The summed E-state index contributed by atoms with van der Waals surface area (Å²) >= 11 is 0. The third-order valence-electron chi connectivity index (χ3n) is 4.74. The molecule has 0 spiro atoms. The van der Waals surface area contributed by atoms with E-state index >= 15 is 0 Å². The van der Waals surface area contributed by atoms with E-state index in [9.17, 15) is 9.59 Å². The number of anilines is 3. The number of carbonyl (C=O) groups excluding carboxylic acids is 2. The zero-order chi connectivity index (χ0) is 20.5. The number of para-hydroxylation sites is 2. The highest BCUT2D eigenvalue weighted by Crippen LogP contribution is 2.34. The number of esters is 1. The molecule has 3 rings (SSSR count). The summed E-state index contributed by atoms with van der Waals surface area (Å²) < 4.78 is 4.62. The number of rotatable bonds is 9. The van der Waals surface area contributed by atoms with E-state index in [-0.39, 0.29) is 11.8 Å². The summed E-state index contributed by atoms with van der Waals surface area (Å²) in [7, 11) is 1.38. The van der Waals surface area contributed by atoms with E-state index < -0.39 is 0 Å². The smallest absolute Gasteiger partial charge is 0.305 e. The minimum atomic E-state index is -0.233. The highest BCUT2D eigenvalue weighted by atomic mass is 16.5. The van der Waals surface area contributed by atoms with Crippen LogP contribution >= 0.6 is 0 Å². The van der Waals surface area contributed by atoms with E-state index in [1.165, 1.54) is 7.11 Å². The molecule has 4 nitrogen and oxygen atoms in total. The van der Waals surface area contributed by atoms with Gasteiger partial charge in [0.05, 0.1) is 7.11 Å².